The molecular weight excluding hydrogens is 208 g/mol. The average Bonchev–Trinajstić information content (AvgIpc) is 2.30. The molecule has 1 aromatic rings. The highest BCUT2D eigenvalue weighted by molar-refractivity contribution is 5.38. The molecular formula is C16H22O. The number of hydrogen-bond acceptors (Lipinski definition) is 1. The summed E-state index contributed by atoms with van der Waals surface area (Å²) in [7, 11) is 0. The van der Waals surface area contributed by atoms with Gasteiger partial charge in [-0.2, -0.15) is 0 Å². The molecule has 1 saturated carbocycles. The molecule has 0 radical (unpaired) electrons. The minimum Gasteiger partial charge on any atom is -0.390 e. The lowest BCUT2D eigenvalue weighted by atomic mass is 9.55. The van der Waals surface area contributed by atoms with E-state index in [0.717, 1.165) is 19.3 Å². The first-order chi connectivity index (χ1) is 8.01. The van der Waals surface area contributed by atoms with Gasteiger partial charge < -0.3 is 5.11 Å². The van der Waals surface area contributed by atoms with Crippen LogP contribution in [0.4, 0.5) is 0 Å². The van der Waals surface area contributed by atoms with Crippen molar-refractivity contribution in [2.45, 2.75) is 57.0 Å². The third kappa shape index (κ3) is 1.72. The molecule has 92 valence electrons. The van der Waals surface area contributed by atoms with Crippen LogP contribution in [0.2, 0.25) is 0 Å². The minimum absolute atomic E-state index is 0.303. The highest BCUT2D eigenvalue weighted by Gasteiger charge is 2.47. The molecule has 1 aromatic carbocycles. The first-order valence-electron chi connectivity index (χ1n) is 6.82. The summed E-state index contributed by atoms with van der Waals surface area (Å²) in [5, 5.41) is 10.3. The molecule has 1 fully saturated rings. The Balaban J connectivity index is 2.02. The van der Waals surface area contributed by atoms with E-state index in [4.69, 9.17) is 0 Å². The van der Waals surface area contributed by atoms with Crippen molar-refractivity contribution in [2.75, 3.05) is 0 Å². The van der Waals surface area contributed by atoms with Gasteiger partial charge in [-0.25, -0.2) is 0 Å². The molecule has 2 aliphatic rings. The largest absolute Gasteiger partial charge is 0.390 e. The second kappa shape index (κ2) is 3.58. The number of fused-ring (bicyclic) bond motifs is 3. The first kappa shape index (κ1) is 11.3. The molecule has 1 nitrogen and oxygen atoms in total. The van der Waals surface area contributed by atoms with Crippen molar-refractivity contribution in [3.05, 3.63) is 35.4 Å². The van der Waals surface area contributed by atoms with Crippen molar-refractivity contribution in [1.29, 1.82) is 0 Å². The molecule has 1 heteroatoms. The van der Waals surface area contributed by atoms with Gasteiger partial charge in [0.05, 0.1) is 5.60 Å². The zero-order valence-corrected chi connectivity index (χ0v) is 10.9. The van der Waals surface area contributed by atoms with Gasteiger partial charge >= 0.3 is 0 Å². The van der Waals surface area contributed by atoms with Gasteiger partial charge in [0, 0.05) is 0 Å². The standard InChI is InChI=1S/C16H22O/c1-15(17)9-10-16(2)13(11-15)8-7-12-5-3-4-6-14(12)16/h3-6,13,17H,7-11H2,1-2H3/t13-,15-,16+/m0/s1. The van der Waals surface area contributed by atoms with E-state index in [2.05, 4.69) is 31.2 Å². The number of hydrogen-bond donors (Lipinski definition) is 1. The maximum absolute atomic E-state index is 10.3. The fourth-order valence-electron chi connectivity index (χ4n) is 3.99. The van der Waals surface area contributed by atoms with E-state index in [0.29, 0.717) is 11.3 Å². The summed E-state index contributed by atoms with van der Waals surface area (Å²) in [6, 6.07) is 8.91. The van der Waals surface area contributed by atoms with Crippen LogP contribution in [-0.4, -0.2) is 10.7 Å². The van der Waals surface area contributed by atoms with E-state index in [9.17, 15) is 5.11 Å². The van der Waals surface area contributed by atoms with Crippen LogP contribution in [0.15, 0.2) is 24.3 Å². The molecule has 0 saturated heterocycles. The smallest absolute Gasteiger partial charge is 0.0623 e. The molecule has 3 atom stereocenters. The number of aryl methyl sites for hydroxylation is 1. The number of benzene rings is 1. The van der Waals surface area contributed by atoms with Gasteiger partial charge in [0.1, 0.15) is 0 Å². The predicted octanol–water partition coefficient (Wildman–Crippen LogP) is 3.44. The first-order valence-corrected chi connectivity index (χ1v) is 6.82. The Hall–Kier alpha value is -0.820. The van der Waals surface area contributed by atoms with Crippen LogP contribution in [0.3, 0.4) is 0 Å². The lowest BCUT2D eigenvalue weighted by molar-refractivity contribution is -0.0321. The molecule has 0 unspecified atom stereocenters. The summed E-state index contributed by atoms with van der Waals surface area (Å²) in [5.41, 5.74) is 2.95. The van der Waals surface area contributed by atoms with Crippen molar-refractivity contribution < 1.29 is 5.11 Å². The van der Waals surface area contributed by atoms with Crippen LogP contribution in [0.25, 0.3) is 0 Å². The molecule has 0 heterocycles. The monoisotopic (exact) mass is 230 g/mol. The lowest BCUT2D eigenvalue weighted by Gasteiger charge is -2.50. The molecule has 0 aliphatic heterocycles. The van der Waals surface area contributed by atoms with Crippen LogP contribution in [-0.2, 0) is 11.8 Å². The Morgan fingerprint density at radius 2 is 1.94 bits per heavy atom. The van der Waals surface area contributed by atoms with Gasteiger partial charge in [-0.05, 0) is 61.5 Å². The van der Waals surface area contributed by atoms with E-state index < -0.39 is 5.60 Å². The number of aliphatic hydroxyl groups is 1. The van der Waals surface area contributed by atoms with E-state index in [-0.39, 0.29) is 0 Å². The Kier molecular flexibility index (Phi) is 2.38. The third-order valence-corrected chi connectivity index (χ3v) is 5.16. The Morgan fingerprint density at radius 3 is 2.76 bits per heavy atom. The molecule has 2 aliphatic carbocycles. The third-order valence-electron chi connectivity index (χ3n) is 5.16. The molecule has 0 spiro atoms. The summed E-state index contributed by atoms with van der Waals surface area (Å²) in [6.07, 6.45) is 5.46. The van der Waals surface area contributed by atoms with E-state index in [1.165, 1.54) is 18.4 Å². The topological polar surface area (TPSA) is 20.2 Å². The molecule has 17 heavy (non-hydrogen) atoms. The second-order valence-corrected chi connectivity index (χ2v) is 6.51. The fourth-order valence-corrected chi connectivity index (χ4v) is 3.99. The van der Waals surface area contributed by atoms with Gasteiger partial charge in [0.2, 0.25) is 0 Å². The zero-order valence-electron chi connectivity index (χ0n) is 10.9. The van der Waals surface area contributed by atoms with Crippen molar-refractivity contribution >= 4 is 0 Å². The van der Waals surface area contributed by atoms with Gasteiger partial charge in [0.15, 0.2) is 0 Å². The van der Waals surface area contributed by atoms with Gasteiger partial charge in [-0.15, -0.1) is 0 Å². The Bertz CT molecular complexity index is 435. The maximum Gasteiger partial charge on any atom is 0.0623 e. The SMILES string of the molecule is C[C@]1(O)CC[C@@]2(C)c3ccccc3CC[C@H]2C1. The van der Waals surface area contributed by atoms with Crippen LogP contribution >= 0.6 is 0 Å². The molecule has 1 N–H and O–H groups in total. The summed E-state index contributed by atoms with van der Waals surface area (Å²) in [5.74, 6) is 0.654. The summed E-state index contributed by atoms with van der Waals surface area (Å²) < 4.78 is 0. The molecule has 0 amide bonds. The fraction of sp³-hybridized carbons (Fsp3) is 0.625. The van der Waals surface area contributed by atoms with Crippen molar-refractivity contribution in [3.8, 4) is 0 Å². The van der Waals surface area contributed by atoms with Crippen molar-refractivity contribution in [3.63, 3.8) is 0 Å². The Labute approximate surface area is 104 Å². The van der Waals surface area contributed by atoms with Crippen LogP contribution in [0.5, 0.6) is 0 Å². The van der Waals surface area contributed by atoms with Crippen molar-refractivity contribution in [2.24, 2.45) is 5.92 Å². The maximum atomic E-state index is 10.3. The van der Waals surface area contributed by atoms with Crippen LogP contribution in [0.1, 0.15) is 50.7 Å². The van der Waals surface area contributed by atoms with Crippen LogP contribution in [0, 0.1) is 5.92 Å². The normalized spacial score (nSPS) is 40.5. The van der Waals surface area contributed by atoms with Gasteiger partial charge in [0.25, 0.3) is 0 Å². The summed E-state index contributed by atoms with van der Waals surface area (Å²) >= 11 is 0. The highest BCUT2D eigenvalue weighted by Crippen LogP contribution is 2.52. The summed E-state index contributed by atoms with van der Waals surface area (Å²) in [4.78, 5) is 0. The van der Waals surface area contributed by atoms with Crippen molar-refractivity contribution in [1.82, 2.24) is 0 Å². The molecule has 0 aromatic heterocycles. The second-order valence-electron chi connectivity index (χ2n) is 6.51. The van der Waals surface area contributed by atoms with Gasteiger partial charge in [-0.1, -0.05) is 31.2 Å². The van der Waals surface area contributed by atoms with E-state index >= 15 is 0 Å². The summed E-state index contributed by atoms with van der Waals surface area (Å²) in [6.45, 7) is 4.41. The van der Waals surface area contributed by atoms with E-state index in [1.54, 1.807) is 5.56 Å². The zero-order chi connectivity index (χ0) is 12.1. The average molecular weight is 230 g/mol. The number of rotatable bonds is 0. The predicted molar refractivity (Wildman–Crippen MR) is 70.1 cm³/mol. The van der Waals surface area contributed by atoms with Crippen LogP contribution < -0.4 is 0 Å². The molecule has 3 rings (SSSR count). The minimum atomic E-state index is -0.434. The molecule has 0 bridgehead atoms. The highest BCUT2D eigenvalue weighted by atomic mass is 16.3. The Morgan fingerprint density at radius 1 is 1.18 bits per heavy atom. The van der Waals surface area contributed by atoms with E-state index in [1.807, 2.05) is 6.92 Å². The lowest BCUT2D eigenvalue weighted by Crippen LogP contribution is -2.47. The van der Waals surface area contributed by atoms with Gasteiger partial charge in [-0.3, -0.25) is 0 Å². The quantitative estimate of drug-likeness (QED) is 0.724.